The minimum absolute atomic E-state index is 0.409. The summed E-state index contributed by atoms with van der Waals surface area (Å²) in [4.78, 5) is 0. The molecule has 0 aliphatic carbocycles. The molecule has 0 spiro atoms. The molecular formula is C17H15F2NO. The Balaban J connectivity index is 2.13. The van der Waals surface area contributed by atoms with Crippen LogP contribution >= 0.6 is 0 Å². The molecular weight excluding hydrogens is 272 g/mol. The molecule has 1 aliphatic heterocycles. The van der Waals surface area contributed by atoms with Crippen LogP contribution in [0.5, 0.6) is 5.75 Å². The predicted molar refractivity (Wildman–Crippen MR) is 78.1 cm³/mol. The van der Waals surface area contributed by atoms with Gasteiger partial charge in [-0.3, -0.25) is 0 Å². The van der Waals surface area contributed by atoms with Crippen LogP contribution in [0.1, 0.15) is 16.7 Å². The third-order valence-corrected chi connectivity index (χ3v) is 3.59. The molecule has 0 bridgehead atoms. The third kappa shape index (κ3) is 2.67. The van der Waals surface area contributed by atoms with E-state index in [1.807, 2.05) is 24.3 Å². The number of ether oxygens (including phenoxy) is 1. The lowest BCUT2D eigenvalue weighted by Gasteiger charge is -2.13. The Morgan fingerprint density at radius 1 is 1.05 bits per heavy atom. The van der Waals surface area contributed by atoms with Crippen molar-refractivity contribution < 1.29 is 13.5 Å². The van der Waals surface area contributed by atoms with Crippen LogP contribution in [0.25, 0.3) is 5.57 Å². The van der Waals surface area contributed by atoms with Gasteiger partial charge in [0.2, 0.25) is 0 Å². The van der Waals surface area contributed by atoms with Crippen LogP contribution in [0.15, 0.2) is 42.5 Å². The first-order valence-corrected chi connectivity index (χ1v) is 6.72. The summed E-state index contributed by atoms with van der Waals surface area (Å²) in [5.74, 6) is -0.361. The molecule has 0 unspecified atom stereocenters. The van der Waals surface area contributed by atoms with Crippen molar-refractivity contribution in [1.82, 2.24) is 5.32 Å². The van der Waals surface area contributed by atoms with E-state index in [2.05, 4.69) is 5.32 Å². The minimum atomic E-state index is -0.571. The number of methoxy groups -OCH3 is 1. The number of benzene rings is 2. The molecule has 21 heavy (non-hydrogen) atoms. The molecule has 1 heterocycles. The van der Waals surface area contributed by atoms with Crippen LogP contribution in [0.4, 0.5) is 8.78 Å². The largest absolute Gasteiger partial charge is 0.497 e. The van der Waals surface area contributed by atoms with Crippen molar-refractivity contribution in [3.63, 3.8) is 0 Å². The van der Waals surface area contributed by atoms with Gasteiger partial charge in [0, 0.05) is 24.7 Å². The molecule has 1 aliphatic rings. The van der Waals surface area contributed by atoms with Crippen molar-refractivity contribution in [2.45, 2.75) is 6.54 Å². The maximum Gasteiger partial charge on any atom is 0.133 e. The quantitative estimate of drug-likeness (QED) is 0.912. The highest BCUT2D eigenvalue weighted by Crippen LogP contribution is 2.31. The van der Waals surface area contributed by atoms with E-state index in [-0.39, 0.29) is 0 Å². The van der Waals surface area contributed by atoms with Crippen molar-refractivity contribution in [2.75, 3.05) is 13.7 Å². The van der Waals surface area contributed by atoms with Gasteiger partial charge in [0.05, 0.1) is 7.11 Å². The first-order valence-electron chi connectivity index (χ1n) is 6.72. The van der Waals surface area contributed by atoms with Crippen molar-refractivity contribution in [3.8, 4) is 5.75 Å². The molecule has 0 fully saturated rings. The summed E-state index contributed by atoms with van der Waals surface area (Å²) in [5, 5.41) is 3.26. The first kappa shape index (κ1) is 13.8. The number of nitrogens with one attached hydrogen (secondary N) is 1. The van der Waals surface area contributed by atoms with Crippen molar-refractivity contribution >= 4 is 5.57 Å². The Labute approximate surface area is 122 Å². The van der Waals surface area contributed by atoms with E-state index >= 15 is 0 Å². The topological polar surface area (TPSA) is 21.3 Å². The van der Waals surface area contributed by atoms with Crippen molar-refractivity contribution in [1.29, 1.82) is 0 Å². The zero-order valence-corrected chi connectivity index (χ0v) is 11.6. The smallest absolute Gasteiger partial charge is 0.133 e. The molecule has 0 aromatic heterocycles. The van der Waals surface area contributed by atoms with E-state index in [0.29, 0.717) is 18.7 Å². The molecule has 0 radical (unpaired) electrons. The highest BCUT2D eigenvalue weighted by Gasteiger charge is 2.16. The molecule has 2 nitrogen and oxygen atoms in total. The van der Waals surface area contributed by atoms with E-state index < -0.39 is 11.6 Å². The van der Waals surface area contributed by atoms with E-state index in [4.69, 9.17) is 4.74 Å². The highest BCUT2D eigenvalue weighted by molar-refractivity contribution is 5.82. The number of hydrogen-bond donors (Lipinski definition) is 1. The van der Waals surface area contributed by atoms with Crippen LogP contribution in [0.3, 0.4) is 0 Å². The Morgan fingerprint density at radius 3 is 2.62 bits per heavy atom. The fourth-order valence-corrected chi connectivity index (χ4v) is 2.56. The average Bonchev–Trinajstić information content (AvgIpc) is 2.69. The second kappa shape index (κ2) is 5.66. The summed E-state index contributed by atoms with van der Waals surface area (Å²) >= 11 is 0. The van der Waals surface area contributed by atoms with Gasteiger partial charge < -0.3 is 10.1 Å². The SMILES string of the molecule is COc1ccc2c(c1)CNCC=C2c1ccc(F)cc1F. The Hall–Kier alpha value is -2.20. The number of fused-ring (bicyclic) bond motifs is 1. The van der Waals surface area contributed by atoms with Gasteiger partial charge in [0.15, 0.2) is 0 Å². The van der Waals surface area contributed by atoms with E-state index in [1.54, 1.807) is 7.11 Å². The Morgan fingerprint density at radius 2 is 1.86 bits per heavy atom. The average molecular weight is 287 g/mol. The zero-order valence-electron chi connectivity index (χ0n) is 11.6. The highest BCUT2D eigenvalue weighted by atomic mass is 19.1. The summed E-state index contributed by atoms with van der Waals surface area (Å²) < 4.78 is 32.4. The summed E-state index contributed by atoms with van der Waals surface area (Å²) in [6.45, 7) is 1.30. The number of rotatable bonds is 2. The van der Waals surface area contributed by atoms with E-state index in [9.17, 15) is 8.78 Å². The zero-order chi connectivity index (χ0) is 14.8. The van der Waals surface area contributed by atoms with Gasteiger partial charge in [-0.15, -0.1) is 0 Å². The second-order valence-electron chi connectivity index (χ2n) is 4.90. The monoisotopic (exact) mass is 287 g/mol. The number of hydrogen-bond acceptors (Lipinski definition) is 2. The van der Waals surface area contributed by atoms with E-state index in [1.165, 1.54) is 12.1 Å². The lowest BCUT2D eigenvalue weighted by atomic mass is 9.93. The summed E-state index contributed by atoms with van der Waals surface area (Å²) in [6, 6.07) is 9.37. The first-order chi connectivity index (χ1) is 10.2. The Kier molecular flexibility index (Phi) is 3.71. The number of halogens is 2. The summed E-state index contributed by atoms with van der Waals surface area (Å²) in [7, 11) is 1.61. The minimum Gasteiger partial charge on any atom is -0.497 e. The molecule has 2 aromatic rings. The fraction of sp³-hybridized carbons (Fsp3) is 0.176. The normalized spacial score (nSPS) is 14.1. The van der Waals surface area contributed by atoms with Gasteiger partial charge in [-0.25, -0.2) is 8.78 Å². The molecule has 0 saturated heterocycles. The lowest BCUT2D eigenvalue weighted by Crippen LogP contribution is -2.11. The molecule has 0 amide bonds. The molecule has 1 N–H and O–H groups in total. The summed E-state index contributed by atoms with van der Waals surface area (Å²) in [5.41, 5.74) is 3.15. The molecule has 2 aromatic carbocycles. The van der Waals surface area contributed by atoms with Crippen LogP contribution in [-0.4, -0.2) is 13.7 Å². The van der Waals surface area contributed by atoms with Crippen LogP contribution in [0, 0.1) is 11.6 Å². The van der Waals surface area contributed by atoms with Gasteiger partial charge in [-0.1, -0.05) is 12.1 Å². The molecule has 108 valence electrons. The van der Waals surface area contributed by atoms with Gasteiger partial charge in [-0.05, 0) is 41.0 Å². The van der Waals surface area contributed by atoms with Gasteiger partial charge in [0.25, 0.3) is 0 Å². The molecule has 4 heteroatoms. The van der Waals surface area contributed by atoms with Gasteiger partial charge in [0.1, 0.15) is 17.4 Å². The maximum atomic E-state index is 14.1. The van der Waals surface area contributed by atoms with Crippen molar-refractivity contribution in [2.24, 2.45) is 0 Å². The molecule has 0 atom stereocenters. The lowest BCUT2D eigenvalue weighted by molar-refractivity contribution is 0.414. The second-order valence-corrected chi connectivity index (χ2v) is 4.90. The van der Waals surface area contributed by atoms with Crippen LogP contribution < -0.4 is 10.1 Å². The summed E-state index contributed by atoms with van der Waals surface area (Å²) in [6.07, 6.45) is 1.93. The van der Waals surface area contributed by atoms with Gasteiger partial charge >= 0.3 is 0 Å². The van der Waals surface area contributed by atoms with Crippen molar-refractivity contribution in [3.05, 3.63) is 70.8 Å². The van der Waals surface area contributed by atoms with Gasteiger partial charge in [-0.2, -0.15) is 0 Å². The molecule has 0 saturated carbocycles. The van der Waals surface area contributed by atoms with E-state index in [0.717, 1.165) is 28.5 Å². The Bertz CT molecular complexity index is 710. The standard InChI is InChI=1S/C17H15F2NO/c1-21-13-3-5-14-11(8-13)10-20-7-6-15(14)16-4-2-12(18)9-17(16)19/h2-6,8-9,20H,7,10H2,1H3. The third-order valence-electron chi connectivity index (χ3n) is 3.59. The molecule has 3 rings (SSSR count). The predicted octanol–water partition coefficient (Wildman–Crippen LogP) is 3.51. The van der Waals surface area contributed by atoms with Crippen LogP contribution in [0.2, 0.25) is 0 Å². The fourth-order valence-electron chi connectivity index (χ4n) is 2.56. The van der Waals surface area contributed by atoms with Crippen LogP contribution in [-0.2, 0) is 6.54 Å². The maximum absolute atomic E-state index is 14.1.